The molecule has 192 valence electrons. The van der Waals surface area contributed by atoms with Crippen molar-refractivity contribution in [2.45, 2.75) is 6.54 Å². The molecule has 0 aliphatic carbocycles. The minimum atomic E-state index is -0.527. The largest absolute Gasteiger partial charge is 0.453 e. The third-order valence-electron chi connectivity index (χ3n) is 4.98. The first-order valence-corrected chi connectivity index (χ1v) is 12.2. The van der Waals surface area contributed by atoms with Gasteiger partial charge >= 0.3 is 0 Å². The van der Waals surface area contributed by atoms with Gasteiger partial charge in [-0.2, -0.15) is 0 Å². The van der Waals surface area contributed by atoms with Crippen molar-refractivity contribution in [3.63, 3.8) is 0 Å². The van der Waals surface area contributed by atoms with Gasteiger partial charge in [0.15, 0.2) is 11.6 Å². The fourth-order valence-electron chi connectivity index (χ4n) is 3.20. The Bertz CT molecular complexity index is 1250. The van der Waals surface area contributed by atoms with Crippen molar-refractivity contribution in [2.75, 3.05) is 59.1 Å². The van der Waals surface area contributed by atoms with Gasteiger partial charge in [-0.25, -0.2) is 9.07 Å². The summed E-state index contributed by atoms with van der Waals surface area (Å²) in [6.45, 7) is 4.21. The molecular formula is C24H28FN5O5S. The third-order valence-corrected chi connectivity index (χ3v) is 6.14. The average molecular weight is 518 g/mol. The van der Waals surface area contributed by atoms with Crippen LogP contribution in [0, 0.1) is 5.82 Å². The van der Waals surface area contributed by atoms with Crippen molar-refractivity contribution >= 4 is 27.2 Å². The van der Waals surface area contributed by atoms with E-state index in [-0.39, 0.29) is 5.75 Å². The molecule has 0 amide bonds. The maximum atomic E-state index is 14.2. The molecule has 0 unspecified atom stereocenters. The summed E-state index contributed by atoms with van der Waals surface area (Å²) in [5.74, 6) is 0.0725. The van der Waals surface area contributed by atoms with E-state index in [1.807, 2.05) is 12.3 Å². The summed E-state index contributed by atoms with van der Waals surface area (Å²) in [5, 5.41) is 8.44. The maximum absolute atomic E-state index is 14.2. The first-order valence-electron chi connectivity index (χ1n) is 11.4. The molecule has 4 aromatic rings. The van der Waals surface area contributed by atoms with Crippen LogP contribution >= 0.6 is 11.3 Å². The number of anilines is 1. The van der Waals surface area contributed by atoms with Crippen LogP contribution in [0.2, 0.25) is 0 Å². The SMILES string of the molecule is COCCOCCOCCOCCn1cc(-c2cc3nccc(Oc4ccc(N)cc4F)c3s2)nn1. The first kappa shape index (κ1) is 25.9. The zero-order valence-electron chi connectivity index (χ0n) is 19.9. The lowest BCUT2D eigenvalue weighted by Crippen LogP contribution is -2.13. The highest BCUT2D eigenvalue weighted by Crippen LogP contribution is 2.39. The molecule has 12 heteroatoms. The number of nitrogens with zero attached hydrogens (tertiary/aromatic N) is 4. The number of hydrogen-bond acceptors (Lipinski definition) is 10. The molecule has 1 aromatic carbocycles. The number of ether oxygens (including phenoxy) is 5. The van der Waals surface area contributed by atoms with Crippen molar-refractivity contribution < 1.29 is 28.1 Å². The average Bonchev–Trinajstić information content (AvgIpc) is 3.52. The summed E-state index contributed by atoms with van der Waals surface area (Å²) >= 11 is 1.45. The zero-order chi connectivity index (χ0) is 25.2. The minimum Gasteiger partial charge on any atom is -0.453 e. The maximum Gasteiger partial charge on any atom is 0.167 e. The monoisotopic (exact) mass is 517 g/mol. The Hall–Kier alpha value is -3.16. The summed E-state index contributed by atoms with van der Waals surface area (Å²) in [6.07, 6.45) is 3.47. The Morgan fingerprint density at radius 2 is 1.69 bits per heavy atom. The van der Waals surface area contributed by atoms with E-state index in [2.05, 4.69) is 15.3 Å². The Kier molecular flexibility index (Phi) is 9.53. The quantitative estimate of drug-likeness (QED) is 0.186. The highest BCUT2D eigenvalue weighted by atomic mass is 32.1. The van der Waals surface area contributed by atoms with E-state index in [0.29, 0.717) is 69.9 Å². The number of hydrogen-bond donors (Lipinski definition) is 1. The first-order chi connectivity index (χ1) is 17.6. The summed E-state index contributed by atoms with van der Waals surface area (Å²) in [7, 11) is 1.64. The van der Waals surface area contributed by atoms with E-state index in [1.165, 1.54) is 23.5 Å². The highest BCUT2D eigenvalue weighted by molar-refractivity contribution is 7.22. The van der Waals surface area contributed by atoms with Gasteiger partial charge in [0, 0.05) is 31.1 Å². The summed E-state index contributed by atoms with van der Waals surface area (Å²) in [6, 6.07) is 7.93. The molecule has 3 aromatic heterocycles. The van der Waals surface area contributed by atoms with Crippen LogP contribution in [0.15, 0.2) is 42.7 Å². The number of benzene rings is 1. The molecule has 0 fully saturated rings. The van der Waals surface area contributed by atoms with Crippen LogP contribution in [-0.2, 0) is 25.5 Å². The third kappa shape index (κ3) is 7.18. The smallest absolute Gasteiger partial charge is 0.167 e. The number of rotatable bonds is 15. The number of nitrogens with two attached hydrogens (primary N) is 1. The number of aromatic nitrogens is 4. The number of fused-ring (bicyclic) bond motifs is 1. The van der Waals surface area contributed by atoms with Crippen molar-refractivity contribution in [3.05, 3.63) is 48.5 Å². The Morgan fingerprint density at radius 1 is 0.944 bits per heavy atom. The Balaban J connectivity index is 1.26. The van der Waals surface area contributed by atoms with Crippen LogP contribution in [0.1, 0.15) is 0 Å². The topological polar surface area (TPSA) is 116 Å². The molecule has 0 radical (unpaired) electrons. The molecule has 0 bridgehead atoms. The Morgan fingerprint density at radius 3 is 2.44 bits per heavy atom. The van der Waals surface area contributed by atoms with Gasteiger partial charge in [0.25, 0.3) is 0 Å². The lowest BCUT2D eigenvalue weighted by atomic mass is 10.3. The molecule has 0 spiro atoms. The lowest BCUT2D eigenvalue weighted by molar-refractivity contribution is 0.00245. The van der Waals surface area contributed by atoms with Gasteiger partial charge in [0.1, 0.15) is 11.4 Å². The summed E-state index contributed by atoms with van der Waals surface area (Å²) in [4.78, 5) is 5.27. The number of thiophene rings is 1. The van der Waals surface area contributed by atoms with Crippen LogP contribution in [0.5, 0.6) is 11.5 Å². The second kappa shape index (κ2) is 13.2. The van der Waals surface area contributed by atoms with Crippen LogP contribution < -0.4 is 10.5 Å². The number of methoxy groups -OCH3 is 1. The predicted molar refractivity (Wildman–Crippen MR) is 134 cm³/mol. The van der Waals surface area contributed by atoms with E-state index < -0.39 is 5.82 Å². The fourth-order valence-corrected chi connectivity index (χ4v) is 4.22. The zero-order valence-corrected chi connectivity index (χ0v) is 20.7. The molecule has 4 rings (SSSR count). The van der Waals surface area contributed by atoms with Gasteiger partial charge in [0.2, 0.25) is 0 Å². The number of halogens is 1. The van der Waals surface area contributed by atoms with Crippen LogP contribution in [0.25, 0.3) is 20.8 Å². The predicted octanol–water partition coefficient (Wildman–Crippen LogP) is 3.76. The number of nitrogen functional groups attached to an aromatic ring is 1. The van der Waals surface area contributed by atoms with Gasteiger partial charge < -0.3 is 29.4 Å². The summed E-state index contributed by atoms with van der Waals surface area (Å²) < 4.78 is 43.8. The van der Waals surface area contributed by atoms with Crippen molar-refractivity contribution in [1.82, 2.24) is 20.0 Å². The molecule has 0 atom stereocenters. The van der Waals surface area contributed by atoms with Gasteiger partial charge in [-0.1, -0.05) is 5.21 Å². The van der Waals surface area contributed by atoms with Crippen molar-refractivity contribution in [3.8, 4) is 22.1 Å². The molecule has 0 saturated heterocycles. The molecule has 3 heterocycles. The van der Waals surface area contributed by atoms with E-state index in [4.69, 9.17) is 29.4 Å². The van der Waals surface area contributed by atoms with E-state index in [9.17, 15) is 4.39 Å². The molecule has 36 heavy (non-hydrogen) atoms. The second-order valence-corrected chi connectivity index (χ2v) is 8.67. The van der Waals surface area contributed by atoms with Crippen molar-refractivity contribution in [1.29, 1.82) is 0 Å². The second-order valence-electron chi connectivity index (χ2n) is 7.62. The molecular weight excluding hydrogens is 489 g/mol. The van der Waals surface area contributed by atoms with Gasteiger partial charge in [-0.15, -0.1) is 16.4 Å². The molecule has 2 N–H and O–H groups in total. The standard InChI is InChI=1S/C24H28FN5O5S/c1-31-8-9-33-12-13-34-11-10-32-7-6-30-16-20(28-29-30)23-15-19-24(36-23)22(4-5-27-19)35-21-3-2-17(26)14-18(21)25/h2-5,14-16H,6-13,26H2,1H3. The van der Waals surface area contributed by atoms with Crippen LogP contribution in [-0.4, -0.2) is 73.3 Å². The molecule has 0 saturated carbocycles. The summed E-state index contributed by atoms with van der Waals surface area (Å²) in [5.41, 5.74) is 7.39. The van der Waals surface area contributed by atoms with Gasteiger partial charge in [-0.3, -0.25) is 4.98 Å². The van der Waals surface area contributed by atoms with Crippen LogP contribution in [0.4, 0.5) is 10.1 Å². The molecule has 0 aliphatic rings. The van der Waals surface area contributed by atoms with E-state index >= 15 is 0 Å². The molecule has 0 aliphatic heterocycles. The Labute approximate surface area is 211 Å². The van der Waals surface area contributed by atoms with Crippen LogP contribution in [0.3, 0.4) is 0 Å². The van der Waals surface area contributed by atoms with Gasteiger partial charge in [0.05, 0.1) is 74.1 Å². The normalized spacial score (nSPS) is 11.4. The number of pyridine rings is 1. The van der Waals surface area contributed by atoms with E-state index in [1.54, 1.807) is 30.1 Å². The lowest BCUT2D eigenvalue weighted by Gasteiger charge is -2.07. The molecule has 10 nitrogen and oxygen atoms in total. The highest BCUT2D eigenvalue weighted by Gasteiger charge is 2.14. The van der Waals surface area contributed by atoms with E-state index in [0.717, 1.165) is 15.1 Å². The van der Waals surface area contributed by atoms with Gasteiger partial charge in [-0.05, 0) is 18.2 Å². The minimum absolute atomic E-state index is 0.0957. The fraction of sp³-hybridized carbons (Fsp3) is 0.375. The van der Waals surface area contributed by atoms with Crippen molar-refractivity contribution in [2.24, 2.45) is 0 Å².